The molecule has 28 heavy (non-hydrogen) atoms. The van der Waals surface area contributed by atoms with Crippen LogP contribution in [0.15, 0.2) is 29.6 Å². The van der Waals surface area contributed by atoms with Crippen molar-refractivity contribution in [1.82, 2.24) is 20.1 Å². The highest BCUT2D eigenvalue weighted by Crippen LogP contribution is 2.29. The van der Waals surface area contributed by atoms with Gasteiger partial charge in [0, 0.05) is 30.1 Å². The van der Waals surface area contributed by atoms with E-state index in [1.54, 1.807) is 4.68 Å². The van der Waals surface area contributed by atoms with Gasteiger partial charge in [-0.25, -0.2) is 4.98 Å². The maximum atomic E-state index is 12.8. The molecule has 1 aromatic carbocycles. The number of thiazole rings is 1. The van der Waals surface area contributed by atoms with E-state index in [1.807, 2.05) is 12.4 Å². The van der Waals surface area contributed by atoms with Gasteiger partial charge < -0.3 is 5.32 Å². The molecule has 7 heteroatoms. The first-order valence-electron chi connectivity index (χ1n) is 9.46. The number of anilines is 1. The Hall–Kier alpha value is -2.51. The summed E-state index contributed by atoms with van der Waals surface area (Å²) in [6, 6.07) is 8.45. The van der Waals surface area contributed by atoms with Crippen LogP contribution in [0, 0.1) is 0 Å². The number of fused-ring (bicyclic) bond motifs is 1. The Kier molecular flexibility index (Phi) is 4.81. The first-order chi connectivity index (χ1) is 13.3. The molecule has 2 N–H and O–H groups in total. The first kappa shape index (κ1) is 18.8. The van der Waals surface area contributed by atoms with Crippen LogP contribution in [0.4, 0.5) is 5.13 Å². The number of aromatic nitrogens is 3. The molecule has 4 rings (SSSR count). The van der Waals surface area contributed by atoms with Gasteiger partial charge in [-0.2, -0.15) is 5.10 Å². The number of nitrogens with one attached hydrogen (secondary N) is 2. The van der Waals surface area contributed by atoms with Crippen LogP contribution in [0.2, 0.25) is 0 Å². The molecule has 0 spiro atoms. The fourth-order valence-electron chi connectivity index (χ4n) is 3.45. The zero-order valence-corrected chi connectivity index (χ0v) is 17.5. The van der Waals surface area contributed by atoms with Crippen molar-refractivity contribution in [1.29, 1.82) is 0 Å². The van der Waals surface area contributed by atoms with Crippen molar-refractivity contribution in [3.8, 4) is 11.3 Å². The van der Waals surface area contributed by atoms with E-state index in [0.29, 0.717) is 10.8 Å². The first-order valence-corrected chi connectivity index (χ1v) is 10.3. The molecule has 3 heterocycles. The largest absolute Gasteiger partial charge is 0.311 e. The van der Waals surface area contributed by atoms with Crippen molar-refractivity contribution in [3.05, 3.63) is 52.2 Å². The zero-order chi connectivity index (χ0) is 19.9. The van der Waals surface area contributed by atoms with Gasteiger partial charge in [0.25, 0.3) is 5.91 Å². The standard InChI is InChI=1S/C21H25N5OS/c1-21(2,3)14-7-5-13(6-8-14)16-12-28-20(23-16)24-19(27)18-15-9-10-22-11-17(15)26(4)25-18/h5-8,12,22H,9-11H2,1-4H3,(H,23,24,27). The van der Waals surface area contributed by atoms with Gasteiger partial charge in [-0.15, -0.1) is 11.3 Å². The summed E-state index contributed by atoms with van der Waals surface area (Å²) in [5.41, 5.74) is 5.94. The number of hydrogen-bond donors (Lipinski definition) is 2. The number of carbonyl (C=O) groups is 1. The van der Waals surface area contributed by atoms with E-state index in [0.717, 1.165) is 42.0 Å². The minimum Gasteiger partial charge on any atom is -0.311 e. The van der Waals surface area contributed by atoms with Crippen molar-refractivity contribution >= 4 is 22.4 Å². The van der Waals surface area contributed by atoms with Gasteiger partial charge in [-0.1, -0.05) is 45.0 Å². The molecule has 2 aromatic heterocycles. The molecular weight excluding hydrogens is 370 g/mol. The molecule has 3 aromatic rings. The zero-order valence-electron chi connectivity index (χ0n) is 16.7. The lowest BCUT2D eigenvalue weighted by Crippen LogP contribution is -2.25. The summed E-state index contributed by atoms with van der Waals surface area (Å²) in [7, 11) is 1.88. The smallest absolute Gasteiger partial charge is 0.278 e. The van der Waals surface area contributed by atoms with Crippen molar-refractivity contribution in [2.75, 3.05) is 11.9 Å². The normalized spacial score (nSPS) is 14.0. The topological polar surface area (TPSA) is 71.8 Å². The second kappa shape index (κ2) is 7.14. The third kappa shape index (κ3) is 3.59. The summed E-state index contributed by atoms with van der Waals surface area (Å²) in [4.78, 5) is 17.4. The van der Waals surface area contributed by atoms with Crippen LogP contribution in [0.25, 0.3) is 11.3 Å². The highest BCUT2D eigenvalue weighted by molar-refractivity contribution is 7.14. The lowest BCUT2D eigenvalue weighted by atomic mass is 9.86. The second-order valence-corrected chi connectivity index (χ2v) is 9.00. The molecular formula is C21H25N5OS. The van der Waals surface area contributed by atoms with E-state index >= 15 is 0 Å². The molecule has 1 amide bonds. The fraction of sp³-hybridized carbons (Fsp3) is 0.381. The maximum Gasteiger partial charge on any atom is 0.278 e. The number of hydrogen-bond acceptors (Lipinski definition) is 5. The molecule has 0 bridgehead atoms. The molecule has 0 radical (unpaired) electrons. The Morgan fingerprint density at radius 1 is 1.25 bits per heavy atom. The monoisotopic (exact) mass is 395 g/mol. The quantitative estimate of drug-likeness (QED) is 0.709. The SMILES string of the molecule is Cn1nc(C(=O)Nc2nc(-c3ccc(C(C)(C)C)cc3)cs2)c2c1CNCC2. The van der Waals surface area contributed by atoms with Crippen LogP contribution >= 0.6 is 11.3 Å². The van der Waals surface area contributed by atoms with E-state index in [-0.39, 0.29) is 11.3 Å². The number of nitrogens with zero attached hydrogens (tertiary/aromatic N) is 3. The average molecular weight is 396 g/mol. The highest BCUT2D eigenvalue weighted by Gasteiger charge is 2.24. The van der Waals surface area contributed by atoms with Crippen molar-refractivity contribution in [2.24, 2.45) is 7.05 Å². The number of amides is 1. The lowest BCUT2D eigenvalue weighted by Gasteiger charge is -2.18. The molecule has 1 aliphatic heterocycles. The second-order valence-electron chi connectivity index (χ2n) is 8.14. The van der Waals surface area contributed by atoms with Crippen LogP contribution in [0.5, 0.6) is 0 Å². The van der Waals surface area contributed by atoms with Gasteiger partial charge in [0.1, 0.15) is 0 Å². The molecule has 0 atom stereocenters. The molecule has 146 valence electrons. The Balaban J connectivity index is 1.52. The van der Waals surface area contributed by atoms with E-state index in [9.17, 15) is 4.79 Å². The van der Waals surface area contributed by atoms with E-state index in [4.69, 9.17) is 0 Å². The Labute approximate surface area is 169 Å². The minimum atomic E-state index is -0.192. The van der Waals surface area contributed by atoms with Gasteiger partial charge in [-0.05, 0) is 23.9 Å². The molecule has 6 nitrogen and oxygen atoms in total. The molecule has 0 unspecified atom stereocenters. The van der Waals surface area contributed by atoms with Gasteiger partial charge in [0.05, 0.1) is 11.4 Å². The van der Waals surface area contributed by atoms with Crippen LogP contribution in [-0.2, 0) is 25.4 Å². The third-order valence-electron chi connectivity index (χ3n) is 5.11. The summed E-state index contributed by atoms with van der Waals surface area (Å²) >= 11 is 1.43. The van der Waals surface area contributed by atoms with Gasteiger partial charge in [0.2, 0.25) is 0 Å². The average Bonchev–Trinajstić information content (AvgIpc) is 3.26. The molecule has 0 aliphatic carbocycles. The molecule has 0 saturated heterocycles. The lowest BCUT2D eigenvalue weighted by molar-refractivity contribution is 0.102. The highest BCUT2D eigenvalue weighted by atomic mass is 32.1. The fourth-order valence-corrected chi connectivity index (χ4v) is 4.16. The van der Waals surface area contributed by atoms with Gasteiger partial charge in [-0.3, -0.25) is 14.8 Å². The number of benzene rings is 1. The van der Waals surface area contributed by atoms with Crippen molar-refractivity contribution in [3.63, 3.8) is 0 Å². The summed E-state index contributed by atoms with van der Waals surface area (Å²) in [6.07, 6.45) is 0.815. The third-order valence-corrected chi connectivity index (χ3v) is 5.86. The van der Waals surface area contributed by atoms with Gasteiger partial charge in [0.15, 0.2) is 10.8 Å². The maximum absolute atomic E-state index is 12.8. The van der Waals surface area contributed by atoms with Crippen LogP contribution in [-0.4, -0.2) is 27.2 Å². The van der Waals surface area contributed by atoms with Crippen LogP contribution in [0.1, 0.15) is 48.1 Å². The van der Waals surface area contributed by atoms with Crippen molar-refractivity contribution in [2.45, 2.75) is 39.2 Å². The van der Waals surface area contributed by atoms with Crippen LogP contribution in [0.3, 0.4) is 0 Å². The number of aryl methyl sites for hydroxylation is 1. The summed E-state index contributed by atoms with van der Waals surface area (Å²) in [5.74, 6) is -0.192. The Morgan fingerprint density at radius 2 is 2.00 bits per heavy atom. The summed E-state index contributed by atoms with van der Waals surface area (Å²) in [6.45, 7) is 8.21. The number of carbonyl (C=O) groups excluding carboxylic acids is 1. The van der Waals surface area contributed by atoms with Gasteiger partial charge >= 0.3 is 0 Å². The molecule has 0 fully saturated rings. The van der Waals surface area contributed by atoms with E-state index < -0.39 is 0 Å². The van der Waals surface area contributed by atoms with Crippen molar-refractivity contribution < 1.29 is 4.79 Å². The van der Waals surface area contributed by atoms with E-state index in [1.165, 1.54) is 16.9 Å². The Bertz CT molecular complexity index is 1010. The minimum absolute atomic E-state index is 0.122. The molecule has 0 saturated carbocycles. The predicted octanol–water partition coefficient (Wildman–Crippen LogP) is 3.74. The Morgan fingerprint density at radius 3 is 2.71 bits per heavy atom. The molecule has 1 aliphatic rings. The summed E-state index contributed by atoms with van der Waals surface area (Å²) in [5, 5.41) is 13.2. The van der Waals surface area contributed by atoms with Crippen LogP contribution < -0.4 is 10.6 Å². The summed E-state index contributed by atoms with van der Waals surface area (Å²) < 4.78 is 1.79. The van der Waals surface area contributed by atoms with E-state index in [2.05, 4.69) is 65.8 Å². The predicted molar refractivity (Wildman–Crippen MR) is 113 cm³/mol. The number of rotatable bonds is 3.